The van der Waals surface area contributed by atoms with Gasteiger partial charge in [0.2, 0.25) is 11.8 Å². The number of nitrogens with one attached hydrogen (secondary N) is 2. The van der Waals surface area contributed by atoms with Gasteiger partial charge in [-0.1, -0.05) is 19.8 Å². The van der Waals surface area contributed by atoms with E-state index in [1.54, 1.807) is 7.11 Å². The average molecular weight is 354 g/mol. The zero-order valence-electron chi connectivity index (χ0n) is 15.9. The monoisotopic (exact) mass is 353 g/mol. The van der Waals surface area contributed by atoms with Crippen molar-refractivity contribution in [3.8, 4) is 0 Å². The maximum absolute atomic E-state index is 13.1. The lowest BCUT2D eigenvalue weighted by Crippen LogP contribution is -2.54. The highest BCUT2D eigenvalue weighted by atomic mass is 16.5. The Morgan fingerprint density at radius 3 is 2.48 bits per heavy atom. The molecule has 2 aliphatic heterocycles. The number of ether oxygens (including phenoxy) is 1. The van der Waals surface area contributed by atoms with Gasteiger partial charge < -0.3 is 20.3 Å². The van der Waals surface area contributed by atoms with Crippen LogP contribution in [0, 0.1) is 11.3 Å². The highest BCUT2D eigenvalue weighted by Crippen LogP contribution is 2.33. The molecule has 6 heteroatoms. The van der Waals surface area contributed by atoms with Crippen molar-refractivity contribution in [1.29, 1.82) is 0 Å². The summed E-state index contributed by atoms with van der Waals surface area (Å²) >= 11 is 0. The predicted molar refractivity (Wildman–Crippen MR) is 98.3 cm³/mol. The molecule has 0 saturated carbocycles. The Labute approximate surface area is 152 Å². The lowest BCUT2D eigenvalue weighted by atomic mass is 9.77. The smallest absolute Gasteiger partial charge is 0.231 e. The number of hydrogen-bond donors (Lipinski definition) is 2. The molecular formula is C19H35N3O3. The van der Waals surface area contributed by atoms with Crippen molar-refractivity contribution < 1.29 is 14.3 Å². The standard InChI is InChI=1S/C19H35N3O3/c1-3-4-5-10-21-17(23)16-6-13-22(14-7-16)18(24)19(15-25-2)8-11-20-12-9-19/h16,20H,3-15H2,1-2H3,(H,21,23). The van der Waals surface area contributed by atoms with Crippen molar-refractivity contribution >= 4 is 11.8 Å². The number of unbranched alkanes of at least 4 members (excludes halogenated alkanes) is 2. The minimum atomic E-state index is -0.380. The van der Waals surface area contributed by atoms with E-state index in [1.165, 1.54) is 0 Å². The van der Waals surface area contributed by atoms with Gasteiger partial charge in [0.1, 0.15) is 0 Å². The second-order valence-corrected chi connectivity index (χ2v) is 7.53. The van der Waals surface area contributed by atoms with E-state index in [1.807, 2.05) is 4.90 Å². The molecule has 2 N–H and O–H groups in total. The summed E-state index contributed by atoms with van der Waals surface area (Å²) < 4.78 is 5.38. The third kappa shape index (κ3) is 5.42. The number of carbonyl (C=O) groups excluding carboxylic acids is 2. The first-order valence-corrected chi connectivity index (χ1v) is 9.89. The average Bonchev–Trinajstić information content (AvgIpc) is 2.65. The van der Waals surface area contributed by atoms with Crippen molar-refractivity contribution in [2.75, 3.05) is 46.4 Å². The zero-order valence-corrected chi connectivity index (χ0v) is 15.9. The Kier molecular flexibility index (Phi) is 8.16. The van der Waals surface area contributed by atoms with Crippen LogP contribution in [-0.2, 0) is 14.3 Å². The van der Waals surface area contributed by atoms with Crippen molar-refractivity contribution in [3.63, 3.8) is 0 Å². The van der Waals surface area contributed by atoms with E-state index >= 15 is 0 Å². The molecular weight excluding hydrogens is 318 g/mol. The van der Waals surface area contributed by atoms with E-state index in [4.69, 9.17) is 4.74 Å². The minimum Gasteiger partial charge on any atom is -0.384 e. The maximum Gasteiger partial charge on any atom is 0.231 e. The summed E-state index contributed by atoms with van der Waals surface area (Å²) in [5.74, 6) is 0.436. The quantitative estimate of drug-likeness (QED) is 0.650. The van der Waals surface area contributed by atoms with E-state index in [9.17, 15) is 9.59 Å². The Morgan fingerprint density at radius 1 is 1.20 bits per heavy atom. The Morgan fingerprint density at radius 2 is 1.88 bits per heavy atom. The predicted octanol–water partition coefficient (Wildman–Crippen LogP) is 1.55. The summed E-state index contributed by atoms with van der Waals surface area (Å²) in [5, 5.41) is 6.38. The van der Waals surface area contributed by atoms with Crippen LogP contribution in [0.5, 0.6) is 0 Å². The van der Waals surface area contributed by atoms with Gasteiger partial charge in [-0.3, -0.25) is 9.59 Å². The SMILES string of the molecule is CCCCCNC(=O)C1CCN(C(=O)C2(COC)CCNCC2)CC1. The van der Waals surface area contributed by atoms with Gasteiger partial charge in [0.05, 0.1) is 12.0 Å². The normalized spacial score (nSPS) is 21.1. The molecule has 2 aliphatic rings. The largest absolute Gasteiger partial charge is 0.384 e. The number of methoxy groups -OCH3 is 1. The Bertz CT molecular complexity index is 422. The molecule has 0 bridgehead atoms. The first kappa shape index (κ1) is 20.2. The fourth-order valence-electron chi connectivity index (χ4n) is 4.01. The summed E-state index contributed by atoms with van der Waals surface area (Å²) in [6.07, 6.45) is 6.57. The second-order valence-electron chi connectivity index (χ2n) is 7.53. The molecule has 0 aromatic carbocycles. The molecule has 0 spiro atoms. The summed E-state index contributed by atoms with van der Waals surface area (Å²) in [4.78, 5) is 27.3. The molecule has 0 aliphatic carbocycles. The highest BCUT2D eigenvalue weighted by Gasteiger charge is 2.43. The molecule has 6 nitrogen and oxygen atoms in total. The molecule has 2 amide bonds. The van der Waals surface area contributed by atoms with Crippen LogP contribution < -0.4 is 10.6 Å². The molecule has 0 aromatic heterocycles. The van der Waals surface area contributed by atoms with Crippen LogP contribution in [-0.4, -0.2) is 63.2 Å². The molecule has 2 heterocycles. The molecule has 2 fully saturated rings. The van der Waals surface area contributed by atoms with Gasteiger partial charge in [0.25, 0.3) is 0 Å². The number of likely N-dealkylation sites (tertiary alicyclic amines) is 1. The van der Waals surface area contributed by atoms with Crippen LogP contribution in [0.2, 0.25) is 0 Å². The Balaban J connectivity index is 1.82. The molecule has 2 saturated heterocycles. The van der Waals surface area contributed by atoms with Crippen LogP contribution in [0.1, 0.15) is 51.9 Å². The van der Waals surface area contributed by atoms with E-state index < -0.39 is 0 Å². The highest BCUT2D eigenvalue weighted by molar-refractivity contribution is 5.84. The first-order chi connectivity index (χ1) is 12.1. The molecule has 0 atom stereocenters. The molecule has 2 rings (SSSR count). The van der Waals surface area contributed by atoms with E-state index in [0.29, 0.717) is 19.7 Å². The minimum absolute atomic E-state index is 0.0528. The van der Waals surface area contributed by atoms with Crippen LogP contribution >= 0.6 is 0 Å². The van der Waals surface area contributed by atoms with Gasteiger partial charge in [-0.25, -0.2) is 0 Å². The number of rotatable bonds is 8. The molecule has 0 unspecified atom stereocenters. The lowest BCUT2D eigenvalue weighted by Gasteiger charge is -2.41. The van der Waals surface area contributed by atoms with Crippen LogP contribution in [0.15, 0.2) is 0 Å². The van der Waals surface area contributed by atoms with Gasteiger partial charge in [-0.05, 0) is 45.2 Å². The van der Waals surface area contributed by atoms with Crippen molar-refractivity contribution in [2.45, 2.75) is 51.9 Å². The Hall–Kier alpha value is -1.14. The lowest BCUT2D eigenvalue weighted by molar-refractivity contribution is -0.150. The van der Waals surface area contributed by atoms with Crippen molar-refractivity contribution in [2.24, 2.45) is 11.3 Å². The molecule has 25 heavy (non-hydrogen) atoms. The first-order valence-electron chi connectivity index (χ1n) is 9.89. The number of hydrogen-bond acceptors (Lipinski definition) is 4. The fraction of sp³-hybridized carbons (Fsp3) is 0.895. The van der Waals surface area contributed by atoms with Gasteiger partial charge in [0, 0.05) is 32.7 Å². The van der Waals surface area contributed by atoms with Crippen LogP contribution in [0.3, 0.4) is 0 Å². The molecule has 0 radical (unpaired) electrons. The van der Waals surface area contributed by atoms with E-state index in [2.05, 4.69) is 17.6 Å². The number of nitrogens with zero attached hydrogens (tertiary/aromatic N) is 1. The topological polar surface area (TPSA) is 70.7 Å². The van der Waals surface area contributed by atoms with E-state index in [-0.39, 0.29) is 23.1 Å². The van der Waals surface area contributed by atoms with Crippen LogP contribution in [0.25, 0.3) is 0 Å². The van der Waals surface area contributed by atoms with Crippen molar-refractivity contribution in [1.82, 2.24) is 15.5 Å². The van der Waals surface area contributed by atoms with Crippen molar-refractivity contribution in [3.05, 3.63) is 0 Å². The third-order valence-electron chi connectivity index (χ3n) is 5.67. The van der Waals surface area contributed by atoms with E-state index in [0.717, 1.165) is 64.6 Å². The number of piperidine rings is 2. The summed E-state index contributed by atoms with van der Waals surface area (Å²) in [7, 11) is 1.67. The summed E-state index contributed by atoms with van der Waals surface area (Å²) in [5.41, 5.74) is -0.380. The molecule has 144 valence electrons. The summed E-state index contributed by atoms with van der Waals surface area (Å²) in [6.45, 7) is 6.53. The number of carbonyl (C=O) groups is 2. The zero-order chi connectivity index (χ0) is 18.1. The van der Waals surface area contributed by atoms with Gasteiger partial charge in [0.15, 0.2) is 0 Å². The third-order valence-corrected chi connectivity index (χ3v) is 5.67. The number of amides is 2. The summed E-state index contributed by atoms with van der Waals surface area (Å²) in [6, 6.07) is 0. The van der Waals surface area contributed by atoms with Gasteiger partial charge in [-0.15, -0.1) is 0 Å². The fourth-order valence-corrected chi connectivity index (χ4v) is 4.01. The van der Waals surface area contributed by atoms with Crippen LogP contribution in [0.4, 0.5) is 0 Å². The second kappa shape index (κ2) is 10.1. The molecule has 0 aromatic rings. The van der Waals surface area contributed by atoms with Gasteiger partial charge >= 0.3 is 0 Å². The van der Waals surface area contributed by atoms with Gasteiger partial charge in [-0.2, -0.15) is 0 Å². The maximum atomic E-state index is 13.1.